The number of hydrogen-bond donors (Lipinski definition) is 0. The normalized spacial score (nSPS) is 10.5. The summed E-state index contributed by atoms with van der Waals surface area (Å²) in [5.74, 6) is 0. The summed E-state index contributed by atoms with van der Waals surface area (Å²) < 4.78 is 62.2. The molecular weight excluding hydrogens is 711 g/mol. The van der Waals surface area contributed by atoms with Crippen LogP contribution in [0.3, 0.4) is 0 Å². The summed E-state index contributed by atoms with van der Waals surface area (Å²) in [6.07, 6.45) is 0. The minimum absolute atomic E-state index is 0. The third-order valence-electron chi connectivity index (χ3n) is 3.15. The topological polar surface area (TPSA) is 111 Å². The standard InChI is InChI=1S/4C6H16O3P.Pd/c4*1-4-7-10(8-5-2)9-6-3;/h4*10H,4-6H2,1-3H3;/q4*+1;. The predicted octanol–water partition coefficient (Wildman–Crippen LogP) is 8.22. The summed E-state index contributed by atoms with van der Waals surface area (Å²) in [4.78, 5) is 0. The summed E-state index contributed by atoms with van der Waals surface area (Å²) in [7, 11) is -5.59. The molecule has 0 aliphatic rings. The van der Waals surface area contributed by atoms with Crippen LogP contribution in [0.2, 0.25) is 0 Å². The van der Waals surface area contributed by atoms with Crippen molar-refractivity contribution in [2.45, 2.75) is 83.1 Å². The van der Waals surface area contributed by atoms with Crippen LogP contribution in [-0.4, -0.2) is 79.3 Å². The van der Waals surface area contributed by atoms with Crippen LogP contribution in [0.5, 0.6) is 0 Å². The molecule has 0 amide bonds. The van der Waals surface area contributed by atoms with Gasteiger partial charge in [-0.1, -0.05) is 0 Å². The fourth-order valence-electron chi connectivity index (χ4n) is 1.91. The molecular formula is C24H64O12P4Pd+4. The Labute approximate surface area is 270 Å². The van der Waals surface area contributed by atoms with E-state index < -0.39 is 34.4 Å². The molecule has 0 N–H and O–H groups in total. The van der Waals surface area contributed by atoms with Gasteiger partial charge in [0.1, 0.15) is 0 Å². The van der Waals surface area contributed by atoms with Crippen molar-refractivity contribution in [1.29, 1.82) is 0 Å². The minimum Gasteiger partial charge on any atom is -0.180 e. The van der Waals surface area contributed by atoms with Gasteiger partial charge in [-0.3, -0.25) is 0 Å². The summed E-state index contributed by atoms with van der Waals surface area (Å²) in [5, 5.41) is 0. The third kappa shape index (κ3) is 46.4. The SMILES string of the molecule is CCO[PH+](OCC)OCC.CCO[PH+](OCC)OCC.CCO[PH+](OCC)OCC.CCO[PH+](OCC)OCC.[Pd]. The Balaban J connectivity index is -0.000000139. The van der Waals surface area contributed by atoms with Crippen LogP contribution in [-0.2, 0) is 74.7 Å². The van der Waals surface area contributed by atoms with E-state index in [4.69, 9.17) is 54.3 Å². The quantitative estimate of drug-likeness (QED) is 0.0696. The minimum atomic E-state index is -1.40. The molecule has 0 bridgehead atoms. The molecule has 258 valence electrons. The van der Waals surface area contributed by atoms with Gasteiger partial charge in [0, 0.05) is 20.4 Å². The molecule has 0 aromatic rings. The monoisotopic (exact) mass is 774 g/mol. The summed E-state index contributed by atoms with van der Waals surface area (Å²) in [6, 6.07) is 0. The van der Waals surface area contributed by atoms with Crippen molar-refractivity contribution in [2.75, 3.05) is 79.3 Å². The first-order valence-electron chi connectivity index (χ1n) is 14.4. The van der Waals surface area contributed by atoms with Crippen LogP contribution in [0.1, 0.15) is 83.1 Å². The Morgan fingerprint density at radius 2 is 0.293 bits per heavy atom. The van der Waals surface area contributed by atoms with Crippen molar-refractivity contribution in [3.63, 3.8) is 0 Å². The molecule has 0 aliphatic carbocycles. The van der Waals surface area contributed by atoms with E-state index >= 15 is 0 Å². The summed E-state index contributed by atoms with van der Waals surface area (Å²) in [6.45, 7) is 31.1. The van der Waals surface area contributed by atoms with E-state index in [1.807, 2.05) is 83.1 Å². The van der Waals surface area contributed by atoms with E-state index in [0.29, 0.717) is 79.3 Å². The van der Waals surface area contributed by atoms with Crippen molar-refractivity contribution >= 4 is 34.4 Å². The van der Waals surface area contributed by atoms with E-state index in [-0.39, 0.29) is 20.4 Å². The zero-order valence-electron chi connectivity index (χ0n) is 27.7. The molecule has 0 saturated carbocycles. The third-order valence-corrected chi connectivity index (χ3v) is 9.44. The van der Waals surface area contributed by atoms with Crippen LogP contribution >= 0.6 is 34.4 Å². The van der Waals surface area contributed by atoms with Gasteiger partial charge in [-0.2, -0.15) is 54.3 Å². The molecule has 0 radical (unpaired) electrons. The molecule has 0 spiro atoms. The Kier molecular flexibility index (Phi) is 62.4. The van der Waals surface area contributed by atoms with Crippen LogP contribution in [0.25, 0.3) is 0 Å². The van der Waals surface area contributed by atoms with Gasteiger partial charge < -0.3 is 0 Å². The van der Waals surface area contributed by atoms with E-state index in [2.05, 4.69) is 0 Å². The van der Waals surface area contributed by atoms with Crippen molar-refractivity contribution in [3.05, 3.63) is 0 Å². The largest absolute Gasteiger partial charge is 0.397 e. The van der Waals surface area contributed by atoms with Crippen LogP contribution in [0, 0.1) is 0 Å². The van der Waals surface area contributed by atoms with E-state index in [9.17, 15) is 0 Å². The van der Waals surface area contributed by atoms with Gasteiger partial charge in [0.05, 0.1) is 79.3 Å². The second-order valence-electron chi connectivity index (χ2n) is 6.20. The first-order chi connectivity index (χ1) is 19.4. The fraction of sp³-hybridized carbons (Fsp3) is 1.00. The van der Waals surface area contributed by atoms with E-state index in [1.165, 1.54) is 0 Å². The smallest absolute Gasteiger partial charge is 0.180 e. The molecule has 41 heavy (non-hydrogen) atoms. The molecule has 0 aromatic heterocycles. The van der Waals surface area contributed by atoms with Gasteiger partial charge in [0.25, 0.3) is 0 Å². The van der Waals surface area contributed by atoms with Gasteiger partial charge in [-0.15, -0.1) is 0 Å². The summed E-state index contributed by atoms with van der Waals surface area (Å²) >= 11 is 0. The Morgan fingerprint density at radius 1 is 0.220 bits per heavy atom. The zero-order chi connectivity index (χ0) is 31.3. The maximum atomic E-state index is 5.18. The maximum Gasteiger partial charge on any atom is 0.397 e. The van der Waals surface area contributed by atoms with Gasteiger partial charge in [-0.05, 0) is 83.1 Å². The first-order valence-corrected chi connectivity index (χ1v) is 19.3. The van der Waals surface area contributed by atoms with Crippen LogP contribution < -0.4 is 0 Å². The first kappa shape index (κ1) is 52.4. The van der Waals surface area contributed by atoms with Crippen molar-refractivity contribution < 1.29 is 74.7 Å². The van der Waals surface area contributed by atoms with E-state index in [0.717, 1.165) is 0 Å². The molecule has 17 heteroatoms. The molecule has 0 aromatic carbocycles. The molecule has 0 fully saturated rings. The molecule has 0 unspecified atom stereocenters. The molecule has 0 saturated heterocycles. The molecule has 0 aliphatic heterocycles. The molecule has 0 heterocycles. The predicted molar refractivity (Wildman–Crippen MR) is 173 cm³/mol. The molecule has 12 nitrogen and oxygen atoms in total. The van der Waals surface area contributed by atoms with Gasteiger partial charge in [-0.25, -0.2) is 0 Å². The van der Waals surface area contributed by atoms with E-state index in [1.54, 1.807) is 0 Å². The molecule has 0 rings (SSSR count). The van der Waals surface area contributed by atoms with Crippen molar-refractivity contribution in [1.82, 2.24) is 0 Å². The number of hydrogen-bond acceptors (Lipinski definition) is 12. The average Bonchev–Trinajstić information content (AvgIpc) is 2.92. The van der Waals surface area contributed by atoms with Gasteiger partial charge in [0.15, 0.2) is 0 Å². The van der Waals surface area contributed by atoms with Gasteiger partial charge in [0.2, 0.25) is 0 Å². The van der Waals surface area contributed by atoms with Crippen molar-refractivity contribution in [3.8, 4) is 0 Å². The number of rotatable bonds is 24. The van der Waals surface area contributed by atoms with Crippen LogP contribution in [0.4, 0.5) is 0 Å². The van der Waals surface area contributed by atoms with Gasteiger partial charge >= 0.3 is 34.4 Å². The maximum absolute atomic E-state index is 5.18. The van der Waals surface area contributed by atoms with Crippen LogP contribution in [0.15, 0.2) is 0 Å². The average molecular weight is 775 g/mol. The Bertz CT molecular complexity index is 302. The molecule has 0 atom stereocenters. The second kappa shape index (κ2) is 48.8. The Morgan fingerprint density at radius 3 is 0.341 bits per heavy atom. The zero-order valence-corrected chi connectivity index (χ0v) is 33.3. The fourth-order valence-corrected chi connectivity index (χ4v) is 5.74. The second-order valence-corrected chi connectivity index (χ2v) is 11.7. The summed E-state index contributed by atoms with van der Waals surface area (Å²) in [5.41, 5.74) is 0. The Hall–Kier alpha value is 1.90. The van der Waals surface area contributed by atoms with Crippen molar-refractivity contribution in [2.24, 2.45) is 0 Å².